The summed E-state index contributed by atoms with van der Waals surface area (Å²) < 4.78 is 39.7. The topological polar surface area (TPSA) is 16.1 Å². The van der Waals surface area contributed by atoms with Crippen molar-refractivity contribution in [1.82, 2.24) is 4.98 Å². The minimum Gasteiger partial charge on any atom is -0.333 e. The molecule has 2 nitrogen and oxygen atoms in total. The molecule has 1 aromatic heterocycles. The van der Waals surface area contributed by atoms with E-state index in [9.17, 15) is 13.2 Å². The standard InChI is InChI=1S/C15H17F3N2/c1-9-7-12(15(16,17)18)11-8-10-5-3-4-6-13(10)20(2)14(11)19-9/h7H,3-6,8H2,1-2H3. The van der Waals surface area contributed by atoms with Crippen LogP contribution in [0.15, 0.2) is 17.3 Å². The molecule has 0 amide bonds. The number of nitrogens with zero attached hydrogens (tertiary/aromatic N) is 2. The minimum atomic E-state index is -4.31. The van der Waals surface area contributed by atoms with Crippen LogP contribution in [-0.2, 0) is 12.6 Å². The molecule has 0 atom stereocenters. The Hall–Kier alpha value is -1.52. The third kappa shape index (κ3) is 2.09. The molecule has 0 radical (unpaired) electrons. The van der Waals surface area contributed by atoms with Gasteiger partial charge in [0.1, 0.15) is 5.82 Å². The molecule has 0 N–H and O–H groups in total. The van der Waals surface area contributed by atoms with E-state index in [0.29, 0.717) is 23.5 Å². The number of pyridine rings is 1. The summed E-state index contributed by atoms with van der Waals surface area (Å²) in [6.07, 6.45) is 0.119. The van der Waals surface area contributed by atoms with Crippen LogP contribution in [0.4, 0.5) is 19.0 Å². The van der Waals surface area contributed by atoms with Crippen molar-refractivity contribution in [2.45, 2.75) is 45.2 Å². The fraction of sp³-hybridized carbons (Fsp3) is 0.533. The van der Waals surface area contributed by atoms with Gasteiger partial charge in [-0.2, -0.15) is 13.2 Å². The van der Waals surface area contributed by atoms with Gasteiger partial charge in [-0.05, 0) is 50.7 Å². The summed E-state index contributed by atoms with van der Waals surface area (Å²) in [5.41, 5.74) is 2.57. The van der Waals surface area contributed by atoms with Crippen LogP contribution >= 0.6 is 0 Å². The van der Waals surface area contributed by atoms with Crippen molar-refractivity contribution >= 4 is 5.82 Å². The molecule has 2 aliphatic rings. The van der Waals surface area contributed by atoms with Crippen LogP contribution < -0.4 is 4.90 Å². The maximum atomic E-state index is 13.2. The summed E-state index contributed by atoms with van der Waals surface area (Å²) in [6.45, 7) is 1.62. The molecule has 0 saturated heterocycles. The zero-order chi connectivity index (χ0) is 14.5. The number of hydrogen-bond donors (Lipinski definition) is 0. The lowest BCUT2D eigenvalue weighted by atomic mass is 9.86. The van der Waals surface area contributed by atoms with E-state index in [-0.39, 0.29) is 0 Å². The quantitative estimate of drug-likeness (QED) is 0.708. The first-order chi connectivity index (χ1) is 9.38. The molecule has 20 heavy (non-hydrogen) atoms. The first-order valence-corrected chi connectivity index (χ1v) is 6.90. The second kappa shape index (κ2) is 4.50. The highest BCUT2D eigenvalue weighted by molar-refractivity contribution is 5.61. The molecular weight excluding hydrogens is 265 g/mol. The Kier molecular flexibility index (Phi) is 3.03. The molecule has 2 heterocycles. The Morgan fingerprint density at radius 2 is 1.90 bits per heavy atom. The number of alkyl halides is 3. The molecule has 1 aliphatic carbocycles. The fourth-order valence-corrected chi connectivity index (χ4v) is 3.28. The Balaban J connectivity index is 2.16. The Morgan fingerprint density at radius 1 is 1.20 bits per heavy atom. The van der Waals surface area contributed by atoms with E-state index in [1.54, 1.807) is 6.92 Å². The van der Waals surface area contributed by atoms with Gasteiger partial charge in [0.25, 0.3) is 0 Å². The maximum absolute atomic E-state index is 13.2. The lowest BCUT2D eigenvalue weighted by Crippen LogP contribution is -2.29. The van der Waals surface area contributed by atoms with Gasteiger partial charge in [0.15, 0.2) is 0 Å². The van der Waals surface area contributed by atoms with Crippen molar-refractivity contribution < 1.29 is 13.2 Å². The number of anilines is 1. The fourth-order valence-electron chi connectivity index (χ4n) is 3.28. The SMILES string of the molecule is Cc1cc(C(F)(F)F)c2c(n1)N(C)C1=C(CCCC1)C2. The summed E-state index contributed by atoms with van der Waals surface area (Å²) in [5.74, 6) is 0.484. The van der Waals surface area contributed by atoms with Gasteiger partial charge < -0.3 is 4.90 Å². The lowest BCUT2D eigenvalue weighted by molar-refractivity contribution is -0.138. The Morgan fingerprint density at radius 3 is 2.60 bits per heavy atom. The first-order valence-electron chi connectivity index (χ1n) is 6.90. The molecule has 3 rings (SSSR count). The van der Waals surface area contributed by atoms with Crippen molar-refractivity contribution in [1.29, 1.82) is 0 Å². The van der Waals surface area contributed by atoms with Gasteiger partial charge >= 0.3 is 6.18 Å². The zero-order valence-electron chi connectivity index (χ0n) is 11.6. The number of rotatable bonds is 0. The number of allylic oxidation sites excluding steroid dienone is 2. The molecule has 0 bridgehead atoms. The third-order valence-electron chi connectivity index (χ3n) is 4.20. The molecule has 0 saturated carbocycles. The summed E-state index contributed by atoms with van der Waals surface area (Å²) in [5, 5.41) is 0. The predicted octanol–water partition coefficient (Wildman–Crippen LogP) is 4.23. The summed E-state index contributed by atoms with van der Waals surface area (Å²) in [4.78, 5) is 6.22. The normalized spacial score (nSPS) is 18.9. The van der Waals surface area contributed by atoms with Crippen LogP contribution in [0, 0.1) is 6.92 Å². The van der Waals surface area contributed by atoms with E-state index < -0.39 is 11.7 Å². The average Bonchev–Trinajstić information content (AvgIpc) is 2.38. The molecular formula is C15H17F3N2. The van der Waals surface area contributed by atoms with Gasteiger partial charge in [0.2, 0.25) is 0 Å². The van der Waals surface area contributed by atoms with E-state index in [2.05, 4.69) is 4.98 Å². The molecule has 0 fully saturated rings. The first kappa shape index (κ1) is 13.5. The number of fused-ring (bicyclic) bond motifs is 1. The van der Waals surface area contributed by atoms with E-state index >= 15 is 0 Å². The van der Waals surface area contributed by atoms with Crippen LogP contribution in [-0.4, -0.2) is 12.0 Å². The van der Waals surface area contributed by atoms with Crippen LogP contribution in [0.25, 0.3) is 0 Å². The second-order valence-electron chi connectivity index (χ2n) is 5.60. The smallest absolute Gasteiger partial charge is 0.333 e. The molecule has 0 unspecified atom stereocenters. The Labute approximate surface area is 116 Å². The van der Waals surface area contributed by atoms with Crippen molar-refractivity contribution in [3.63, 3.8) is 0 Å². The Bertz CT molecular complexity index is 588. The number of aryl methyl sites for hydroxylation is 1. The van der Waals surface area contributed by atoms with Crippen LogP contribution in [0.5, 0.6) is 0 Å². The second-order valence-corrected chi connectivity index (χ2v) is 5.60. The van der Waals surface area contributed by atoms with Gasteiger partial charge in [-0.25, -0.2) is 4.98 Å². The van der Waals surface area contributed by atoms with E-state index in [1.807, 2.05) is 11.9 Å². The maximum Gasteiger partial charge on any atom is 0.416 e. The van der Waals surface area contributed by atoms with Gasteiger partial charge in [0, 0.05) is 24.0 Å². The van der Waals surface area contributed by atoms with E-state index in [1.165, 1.54) is 11.8 Å². The van der Waals surface area contributed by atoms with E-state index in [4.69, 9.17) is 0 Å². The molecule has 0 aromatic carbocycles. The summed E-state index contributed by atoms with van der Waals surface area (Å²) in [7, 11) is 1.84. The van der Waals surface area contributed by atoms with Gasteiger partial charge in [0.05, 0.1) is 5.56 Å². The van der Waals surface area contributed by atoms with Gasteiger partial charge in [-0.3, -0.25) is 0 Å². The van der Waals surface area contributed by atoms with Gasteiger partial charge in [-0.15, -0.1) is 0 Å². The zero-order valence-corrected chi connectivity index (χ0v) is 11.6. The van der Waals surface area contributed by atoms with Crippen molar-refractivity contribution in [3.05, 3.63) is 34.2 Å². The van der Waals surface area contributed by atoms with Crippen molar-refractivity contribution in [2.24, 2.45) is 0 Å². The van der Waals surface area contributed by atoms with Gasteiger partial charge in [-0.1, -0.05) is 0 Å². The third-order valence-corrected chi connectivity index (χ3v) is 4.20. The van der Waals surface area contributed by atoms with Crippen LogP contribution in [0.1, 0.15) is 42.5 Å². The van der Waals surface area contributed by atoms with E-state index in [0.717, 1.165) is 31.3 Å². The lowest BCUT2D eigenvalue weighted by Gasteiger charge is -2.35. The number of hydrogen-bond acceptors (Lipinski definition) is 2. The number of halogens is 3. The van der Waals surface area contributed by atoms with Crippen LogP contribution in [0.3, 0.4) is 0 Å². The minimum absolute atomic E-state index is 0.339. The number of aromatic nitrogens is 1. The molecule has 1 aromatic rings. The molecule has 5 heteroatoms. The largest absolute Gasteiger partial charge is 0.416 e. The highest BCUT2D eigenvalue weighted by atomic mass is 19.4. The summed E-state index contributed by atoms with van der Waals surface area (Å²) in [6, 6.07) is 1.17. The average molecular weight is 282 g/mol. The highest BCUT2D eigenvalue weighted by Crippen LogP contribution is 2.43. The van der Waals surface area contributed by atoms with Crippen molar-refractivity contribution in [2.75, 3.05) is 11.9 Å². The molecule has 1 aliphatic heterocycles. The van der Waals surface area contributed by atoms with Crippen LogP contribution in [0.2, 0.25) is 0 Å². The molecule has 0 spiro atoms. The summed E-state index contributed by atoms with van der Waals surface area (Å²) >= 11 is 0. The highest BCUT2D eigenvalue weighted by Gasteiger charge is 2.38. The predicted molar refractivity (Wildman–Crippen MR) is 71.6 cm³/mol. The van der Waals surface area contributed by atoms with Crippen molar-refractivity contribution in [3.8, 4) is 0 Å². The monoisotopic (exact) mass is 282 g/mol. The molecule has 108 valence electrons.